The van der Waals surface area contributed by atoms with E-state index in [1.54, 1.807) is 0 Å². The highest BCUT2D eigenvalue weighted by molar-refractivity contribution is 5.90. The summed E-state index contributed by atoms with van der Waals surface area (Å²) < 4.78 is 5.07. The van der Waals surface area contributed by atoms with Crippen LogP contribution in [-0.2, 0) is 14.3 Å². The Morgan fingerprint density at radius 3 is 2.81 bits per heavy atom. The zero-order valence-electron chi connectivity index (χ0n) is 8.99. The van der Waals surface area contributed by atoms with E-state index in [0.717, 1.165) is 19.4 Å². The van der Waals surface area contributed by atoms with Crippen LogP contribution in [0.15, 0.2) is 0 Å². The second-order valence-corrected chi connectivity index (χ2v) is 4.33. The van der Waals surface area contributed by atoms with Crippen molar-refractivity contribution in [1.82, 2.24) is 10.6 Å². The number of carboxylic acids is 1. The minimum absolute atomic E-state index is 0.0563. The predicted molar refractivity (Wildman–Crippen MR) is 55.0 cm³/mol. The molecule has 2 aliphatic rings. The van der Waals surface area contributed by atoms with Crippen molar-refractivity contribution in [1.29, 1.82) is 0 Å². The lowest BCUT2D eigenvalue weighted by Gasteiger charge is -2.25. The van der Waals surface area contributed by atoms with E-state index >= 15 is 0 Å². The number of hydrogen-bond donors (Lipinski definition) is 3. The van der Waals surface area contributed by atoms with Gasteiger partial charge in [0.25, 0.3) is 0 Å². The highest BCUT2D eigenvalue weighted by atomic mass is 16.5. The molecule has 2 aliphatic heterocycles. The van der Waals surface area contributed by atoms with Crippen molar-refractivity contribution in [3.63, 3.8) is 0 Å². The van der Waals surface area contributed by atoms with Crippen LogP contribution in [0.25, 0.3) is 0 Å². The molecule has 6 heteroatoms. The largest absolute Gasteiger partial charge is 0.479 e. The number of aliphatic carboxylic acids is 1. The van der Waals surface area contributed by atoms with Crippen LogP contribution in [0.5, 0.6) is 0 Å². The lowest BCUT2D eigenvalue weighted by atomic mass is 9.98. The molecule has 0 radical (unpaired) electrons. The summed E-state index contributed by atoms with van der Waals surface area (Å²) in [5.74, 6) is -1.25. The Hall–Kier alpha value is -1.14. The molecule has 2 atom stereocenters. The zero-order chi connectivity index (χ0) is 11.6. The van der Waals surface area contributed by atoms with Gasteiger partial charge in [-0.05, 0) is 19.4 Å². The van der Waals surface area contributed by atoms with Gasteiger partial charge in [-0.3, -0.25) is 4.79 Å². The number of ether oxygens (including phenoxy) is 1. The van der Waals surface area contributed by atoms with Gasteiger partial charge >= 0.3 is 5.97 Å². The van der Waals surface area contributed by atoms with Gasteiger partial charge in [-0.1, -0.05) is 0 Å². The smallest absolute Gasteiger partial charge is 0.331 e. The molecule has 2 saturated heterocycles. The van der Waals surface area contributed by atoms with E-state index in [1.807, 2.05) is 0 Å². The van der Waals surface area contributed by atoms with Crippen molar-refractivity contribution >= 4 is 11.9 Å². The molecule has 0 aromatic rings. The van der Waals surface area contributed by atoms with Crippen LogP contribution in [0.1, 0.15) is 19.3 Å². The zero-order valence-corrected chi connectivity index (χ0v) is 8.99. The maximum atomic E-state index is 11.8. The van der Waals surface area contributed by atoms with Crippen molar-refractivity contribution in [2.75, 3.05) is 19.8 Å². The van der Waals surface area contributed by atoms with Crippen molar-refractivity contribution in [3.05, 3.63) is 0 Å². The Morgan fingerprint density at radius 2 is 2.31 bits per heavy atom. The monoisotopic (exact) mass is 228 g/mol. The Balaban J connectivity index is 2.00. The van der Waals surface area contributed by atoms with Crippen LogP contribution in [-0.4, -0.2) is 48.3 Å². The van der Waals surface area contributed by atoms with Gasteiger partial charge < -0.3 is 20.5 Å². The quantitative estimate of drug-likeness (QED) is 0.582. The van der Waals surface area contributed by atoms with Gasteiger partial charge in [0.1, 0.15) is 0 Å². The van der Waals surface area contributed by atoms with Crippen molar-refractivity contribution in [2.24, 2.45) is 0 Å². The SMILES string of the molecule is O=C(NC1(C(=O)O)CCOC1)C1CCCN1. The van der Waals surface area contributed by atoms with Crippen molar-refractivity contribution in [2.45, 2.75) is 30.8 Å². The number of amides is 1. The summed E-state index contributed by atoms with van der Waals surface area (Å²) in [4.78, 5) is 23.0. The van der Waals surface area contributed by atoms with Gasteiger partial charge in [0.15, 0.2) is 5.54 Å². The molecule has 0 spiro atoms. The minimum Gasteiger partial charge on any atom is -0.479 e. The summed E-state index contributed by atoms with van der Waals surface area (Å²) in [7, 11) is 0. The van der Waals surface area contributed by atoms with E-state index in [4.69, 9.17) is 9.84 Å². The van der Waals surface area contributed by atoms with Crippen LogP contribution in [0.3, 0.4) is 0 Å². The number of hydrogen-bond acceptors (Lipinski definition) is 4. The van der Waals surface area contributed by atoms with Crippen LogP contribution in [0.2, 0.25) is 0 Å². The van der Waals surface area contributed by atoms with E-state index < -0.39 is 11.5 Å². The first kappa shape index (κ1) is 11.3. The fraction of sp³-hybridized carbons (Fsp3) is 0.800. The van der Waals surface area contributed by atoms with Gasteiger partial charge in [0, 0.05) is 13.0 Å². The summed E-state index contributed by atoms with van der Waals surface area (Å²) in [5.41, 5.74) is -1.22. The summed E-state index contributed by atoms with van der Waals surface area (Å²) >= 11 is 0. The van der Waals surface area contributed by atoms with Gasteiger partial charge in [-0.25, -0.2) is 4.79 Å². The molecule has 90 valence electrons. The summed E-state index contributed by atoms with van der Waals surface area (Å²) in [6, 6.07) is -0.253. The molecule has 0 saturated carbocycles. The second-order valence-electron chi connectivity index (χ2n) is 4.33. The number of carbonyl (C=O) groups excluding carboxylic acids is 1. The fourth-order valence-electron chi connectivity index (χ4n) is 2.12. The minimum atomic E-state index is -1.22. The van der Waals surface area contributed by atoms with E-state index in [0.29, 0.717) is 13.0 Å². The number of rotatable bonds is 3. The van der Waals surface area contributed by atoms with Gasteiger partial charge in [-0.2, -0.15) is 0 Å². The molecular formula is C10H16N2O4. The molecule has 2 heterocycles. The number of nitrogens with one attached hydrogen (secondary N) is 2. The fourth-order valence-corrected chi connectivity index (χ4v) is 2.12. The van der Waals surface area contributed by atoms with Gasteiger partial charge in [-0.15, -0.1) is 0 Å². The summed E-state index contributed by atoms with van der Waals surface area (Å²) in [6.07, 6.45) is 2.05. The lowest BCUT2D eigenvalue weighted by Crippen LogP contribution is -2.58. The summed E-state index contributed by atoms with van der Waals surface area (Å²) in [6.45, 7) is 1.25. The lowest BCUT2D eigenvalue weighted by molar-refractivity contribution is -0.147. The van der Waals surface area contributed by atoms with E-state index in [1.165, 1.54) is 0 Å². The van der Waals surface area contributed by atoms with Crippen LogP contribution < -0.4 is 10.6 Å². The summed E-state index contributed by atoms with van der Waals surface area (Å²) in [5, 5.41) is 14.8. The molecule has 16 heavy (non-hydrogen) atoms. The molecule has 6 nitrogen and oxygen atoms in total. The third kappa shape index (κ3) is 2.03. The number of carbonyl (C=O) groups is 2. The first-order valence-corrected chi connectivity index (χ1v) is 5.51. The third-order valence-electron chi connectivity index (χ3n) is 3.17. The Bertz CT molecular complexity index is 293. The first-order chi connectivity index (χ1) is 7.64. The normalized spacial score (nSPS) is 33.9. The molecule has 1 amide bonds. The molecule has 2 fully saturated rings. The topological polar surface area (TPSA) is 87.7 Å². The molecular weight excluding hydrogens is 212 g/mol. The number of carboxylic acid groups (broad SMARTS) is 1. The second kappa shape index (κ2) is 4.39. The van der Waals surface area contributed by atoms with Crippen molar-refractivity contribution in [3.8, 4) is 0 Å². The van der Waals surface area contributed by atoms with Gasteiger partial charge in [0.05, 0.1) is 12.6 Å². The highest BCUT2D eigenvalue weighted by Crippen LogP contribution is 2.19. The Kier molecular flexibility index (Phi) is 3.11. The maximum absolute atomic E-state index is 11.8. The van der Waals surface area contributed by atoms with Crippen LogP contribution >= 0.6 is 0 Å². The molecule has 0 aromatic carbocycles. The van der Waals surface area contributed by atoms with Gasteiger partial charge in [0.2, 0.25) is 5.91 Å². The third-order valence-corrected chi connectivity index (χ3v) is 3.17. The van der Waals surface area contributed by atoms with Crippen LogP contribution in [0, 0.1) is 0 Å². The predicted octanol–water partition coefficient (Wildman–Crippen LogP) is -0.902. The van der Waals surface area contributed by atoms with E-state index in [2.05, 4.69) is 10.6 Å². The van der Waals surface area contributed by atoms with E-state index in [-0.39, 0.29) is 18.6 Å². The first-order valence-electron chi connectivity index (χ1n) is 5.51. The maximum Gasteiger partial charge on any atom is 0.331 e. The molecule has 0 bridgehead atoms. The molecule has 0 aliphatic carbocycles. The highest BCUT2D eigenvalue weighted by Gasteiger charge is 2.45. The average Bonchev–Trinajstić information content (AvgIpc) is 2.88. The molecule has 2 unspecified atom stereocenters. The Morgan fingerprint density at radius 1 is 1.50 bits per heavy atom. The standard InChI is InChI=1S/C10H16N2O4/c13-8(7-2-1-4-11-7)12-10(9(14)15)3-5-16-6-10/h7,11H,1-6H2,(H,12,13)(H,14,15). The van der Waals surface area contributed by atoms with Crippen molar-refractivity contribution < 1.29 is 19.4 Å². The molecule has 0 aromatic heterocycles. The molecule has 3 N–H and O–H groups in total. The Labute approximate surface area is 93.3 Å². The van der Waals surface area contributed by atoms with Crippen LogP contribution in [0.4, 0.5) is 0 Å². The van der Waals surface area contributed by atoms with E-state index in [9.17, 15) is 9.59 Å². The average molecular weight is 228 g/mol. The molecule has 2 rings (SSSR count).